The summed E-state index contributed by atoms with van der Waals surface area (Å²) >= 11 is 3.30. The Hall–Kier alpha value is -1.53. The van der Waals surface area contributed by atoms with Crippen LogP contribution in [0.25, 0.3) is 0 Å². The molecule has 0 heterocycles. The van der Waals surface area contributed by atoms with E-state index < -0.39 is 10.0 Å². The van der Waals surface area contributed by atoms with Crippen molar-refractivity contribution in [2.45, 2.75) is 11.8 Å². The van der Waals surface area contributed by atoms with Gasteiger partial charge in [0.05, 0.1) is 10.6 Å². The predicted octanol–water partition coefficient (Wildman–Crippen LogP) is 3.16. The molecule has 106 valence electrons. The van der Waals surface area contributed by atoms with Crippen LogP contribution >= 0.6 is 15.9 Å². The molecule has 0 unspecified atom stereocenters. The lowest BCUT2D eigenvalue weighted by atomic mass is 10.2. The second-order valence-electron chi connectivity index (χ2n) is 4.45. The molecule has 0 saturated carbocycles. The van der Waals surface area contributed by atoms with Gasteiger partial charge in [-0.25, -0.2) is 8.42 Å². The molecule has 0 aromatic heterocycles. The van der Waals surface area contributed by atoms with Crippen molar-refractivity contribution in [2.75, 3.05) is 17.1 Å². The minimum Gasteiger partial charge on any atom is -0.398 e. The number of aryl methyl sites for hydroxylation is 1. The number of nitrogens with zero attached hydrogens (tertiary/aromatic N) is 1. The second-order valence-corrected chi connectivity index (χ2v) is 7.24. The molecule has 20 heavy (non-hydrogen) atoms. The fourth-order valence-corrected chi connectivity index (χ4v) is 3.76. The molecule has 2 rings (SSSR count). The van der Waals surface area contributed by atoms with Gasteiger partial charge in [-0.3, -0.25) is 4.31 Å². The fourth-order valence-electron chi connectivity index (χ4n) is 1.87. The standard InChI is InChI=1S/C14H15BrN2O2S/c1-10-8-12(15)13(16)9-14(10)20(18,19)17(2)11-6-4-3-5-7-11/h3-9H,16H2,1-2H3. The van der Waals surface area contributed by atoms with Crippen molar-refractivity contribution in [1.29, 1.82) is 0 Å². The van der Waals surface area contributed by atoms with Gasteiger partial charge < -0.3 is 5.73 Å². The normalized spacial score (nSPS) is 11.3. The Morgan fingerprint density at radius 3 is 2.35 bits per heavy atom. The molecule has 0 radical (unpaired) electrons. The summed E-state index contributed by atoms with van der Waals surface area (Å²) in [4.78, 5) is 0.213. The number of sulfonamides is 1. The lowest BCUT2D eigenvalue weighted by Crippen LogP contribution is -2.27. The lowest BCUT2D eigenvalue weighted by molar-refractivity contribution is 0.594. The van der Waals surface area contributed by atoms with Crippen LogP contribution in [0.2, 0.25) is 0 Å². The molecule has 2 aromatic rings. The number of hydrogen-bond donors (Lipinski definition) is 1. The van der Waals surface area contributed by atoms with Crippen LogP contribution in [0.1, 0.15) is 5.56 Å². The van der Waals surface area contributed by atoms with Crippen molar-refractivity contribution in [3.05, 3.63) is 52.5 Å². The highest BCUT2D eigenvalue weighted by Crippen LogP contribution is 2.29. The third-order valence-corrected chi connectivity index (χ3v) is 5.67. The summed E-state index contributed by atoms with van der Waals surface area (Å²) in [5.41, 5.74) is 7.45. The average molecular weight is 355 g/mol. The quantitative estimate of drug-likeness (QED) is 0.861. The summed E-state index contributed by atoms with van der Waals surface area (Å²) in [6.07, 6.45) is 0. The van der Waals surface area contributed by atoms with E-state index in [0.29, 0.717) is 21.4 Å². The summed E-state index contributed by atoms with van der Waals surface area (Å²) in [7, 11) is -2.10. The van der Waals surface area contributed by atoms with Gasteiger partial charge in [0.1, 0.15) is 0 Å². The van der Waals surface area contributed by atoms with Gasteiger partial charge in [0.2, 0.25) is 0 Å². The number of para-hydroxylation sites is 1. The van der Waals surface area contributed by atoms with E-state index in [1.165, 1.54) is 17.4 Å². The molecular weight excluding hydrogens is 340 g/mol. The highest BCUT2D eigenvalue weighted by molar-refractivity contribution is 9.10. The van der Waals surface area contributed by atoms with Crippen LogP contribution in [0.5, 0.6) is 0 Å². The molecule has 0 spiro atoms. The summed E-state index contributed by atoms with van der Waals surface area (Å²) in [6.45, 7) is 1.75. The molecule has 0 amide bonds. The highest BCUT2D eigenvalue weighted by Gasteiger charge is 2.24. The number of nitrogens with two attached hydrogens (primary N) is 1. The van der Waals surface area contributed by atoms with Crippen LogP contribution in [-0.4, -0.2) is 15.5 Å². The van der Waals surface area contributed by atoms with Gasteiger partial charge in [0, 0.05) is 17.2 Å². The zero-order chi connectivity index (χ0) is 14.9. The van der Waals surface area contributed by atoms with E-state index in [1.807, 2.05) is 6.07 Å². The first kappa shape index (κ1) is 14.9. The van der Waals surface area contributed by atoms with Crippen molar-refractivity contribution in [3.8, 4) is 0 Å². The number of benzene rings is 2. The molecule has 0 aliphatic rings. The van der Waals surface area contributed by atoms with Crippen LogP contribution in [0.15, 0.2) is 51.8 Å². The summed E-state index contributed by atoms with van der Waals surface area (Å²) in [5.74, 6) is 0. The lowest BCUT2D eigenvalue weighted by Gasteiger charge is -2.21. The second kappa shape index (κ2) is 5.46. The van der Waals surface area contributed by atoms with Crippen LogP contribution in [0.4, 0.5) is 11.4 Å². The number of hydrogen-bond acceptors (Lipinski definition) is 3. The first-order valence-corrected chi connectivity index (χ1v) is 8.17. The van der Waals surface area contributed by atoms with Crippen molar-refractivity contribution >= 4 is 37.3 Å². The Morgan fingerprint density at radius 1 is 1.15 bits per heavy atom. The summed E-state index contributed by atoms with van der Waals surface area (Å²) < 4.78 is 27.3. The van der Waals surface area contributed by atoms with E-state index in [-0.39, 0.29) is 4.90 Å². The molecule has 0 fully saturated rings. The number of anilines is 2. The Balaban J connectivity index is 2.54. The third-order valence-electron chi connectivity index (χ3n) is 3.05. The molecular formula is C14H15BrN2O2S. The van der Waals surface area contributed by atoms with E-state index in [1.54, 1.807) is 37.3 Å². The first-order valence-electron chi connectivity index (χ1n) is 5.93. The largest absolute Gasteiger partial charge is 0.398 e. The van der Waals surface area contributed by atoms with Gasteiger partial charge in [-0.15, -0.1) is 0 Å². The van der Waals surface area contributed by atoms with E-state index >= 15 is 0 Å². The Kier molecular flexibility index (Phi) is 4.06. The maximum Gasteiger partial charge on any atom is 0.264 e. The van der Waals surface area contributed by atoms with Gasteiger partial charge >= 0.3 is 0 Å². The maximum atomic E-state index is 12.7. The third kappa shape index (κ3) is 2.66. The Bertz CT molecular complexity index is 730. The molecule has 0 aliphatic heterocycles. The number of halogens is 1. The van der Waals surface area contributed by atoms with Crippen molar-refractivity contribution < 1.29 is 8.42 Å². The van der Waals surface area contributed by atoms with Gasteiger partial charge in [0.15, 0.2) is 0 Å². The van der Waals surface area contributed by atoms with E-state index in [0.717, 1.165) is 0 Å². The first-order chi connectivity index (χ1) is 9.34. The molecule has 2 N–H and O–H groups in total. The smallest absolute Gasteiger partial charge is 0.264 e. The maximum absolute atomic E-state index is 12.7. The molecule has 0 atom stereocenters. The molecule has 0 saturated heterocycles. The molecule has 0 aliphatic carbocycles. The van der Waals surface area contributed by atoms with Crippen LogP contribution < -0.4 is 10.0 Å². The van der Waals surface area contributed by atoms with Crippen LogP contribution in [0, 0.1) is 6.92 Å². The average Bonchev–Trinajstić information content (AvgIpc) is 2.42. The minimum absolute atomic E-state index is 0.213. The zero-order valence-corrected chi connectivity index (χ0v) is 13.6. The van der Waals surface area contributed by atoms with Gasteiger partial charge in [0.25, 0.3) is 10.0 Å². The number of nitrogen functional groups attached to an aromatic ring is 1. The Morgan fingerprint density at radius 2 is 1.75 bits per heavy atom. The van der Waals surface area contributed by atoms with Crippen LogP contribution in [0.3, 0.4) is 0 Å². The van der Waals surface area contributed by atoms with Crippen molar-refractivity contribution in [3.63, 3.8) is 0 Å². The van der Waals surface area contributed by atoms with Crippen LogP contribution in [-0.2, 0) is 10.0 Å². The summed E-state index contributed by atoms with van der Waals surface area (Å²) in [6, 6.07) is 12.1. The van der Waals surface area contributed by atoms with Crippen molar-refractivity contribution in [1.82, 2.24) is 0 Å². The molecule has 0 bridgehead atoms. The molecule has 6 heteroatoms. The number of rotatable bonds is 3. The van der Waals surface area contributed by atoms with Gasteiger partial charge in [-0.05, 0) is 52.7 Å². The van der Waals surface area contributed by atoms with Gasteiger partial charge in [-0.2, -0.15) is 0 Å². The van der Waals surface area contributed by atoms with Gasteiger partial charge in [-0.1, -0.05) is 18.2 Å². The van der Waals surface area contributed by atoms with Crippen molar-refractivity contribution in [2.24, 2.45) is 0 Å². The molecule has 2 aromatic carbocycles. The predicted molar refractivity (Wildman–Crippen MR) is 85.3 cm³/mol. The molecule has 4 nitrogen and oxygen atoms in total. The summed E-state index contributed by atoms with van der Waals surface area (Å²) in [5, 5.41) is 0. The van der Waals surface area contributed by atoms with E-state index in [2.05, 4.69) is 15.9 Å². The minimum atomic E-state index is -3.63. The topological polar surface area (TPSA) is 63.4 Å². The fraction of sp³-hybridized carbons (Fsp3) is 0.143. The van der Waals surface area contributed by atoms with E-state index in [4.69, 9.17) is 5.73 Å². The zero-order valence-electron chi connectivity index (χ0n) is 11.2. The SMILES string of the molecule is Cc1cc(Br)c(N)cc1S(=O)(=O)N(C)c1ccccc1. The monoisotopic (exact) mass is 354 g/mol. The Labute approximate surface area is 127 Å². The van der Waals surface area contributed by atoms with E-state index in [9.17, 15) is 8.42 Å². The highest BCUT2D eigenvalue weighted by atomic mass is 79.9.